The Morgan fingerprint density at radius 1 is 1.19 bits per heavy atom. The van der Waals surface area contributed by atoms with E-state index in [9.17, 15) is 4.79 Å². The van der Waals surface area contributed by atoms with Gasteiger partial charge in [0, 0.05) is 36.0 Å². The topological polar surface area (TPSA) is 41.6 Å². The number of nitrogens with one attached hydrogen (secondary N) is 1. The van der Waals surface area contributed by atoms with Gasteiger partial charge in [0.15, 0.2) is 0 Å². The quantitative estimate of drug-likeness (QED) is 0.757. The van der Waals surface area contributed by atoms with Crippen molar-refractivity contribution in [3.05, 3.63) is 70.2 Å². The first-order valence-electron chi connectivity index (χ1n) is 9.11. The molecular weight excluding hydrogens is 380 g/mol. The van der Waals surface area contributed by atoms with Crippen molar-refractivity contribution < 1.29 is 9.53 Å². The molecule has 1 aliphatic heterocycles. The summed E-state index contributed by atoms with van der Waals surface area (Å²) < 4.78 is 5.48. The van der Waals surface area contributed by atoms with Gasteiger partial charge in [-0.1, -0.05) is 41.9 Å². The van der Waals surface area contributed by atoms with Gasteiger partial charge in [-0.2, -0.15) is 11.8 Å². The lowest BCUT2D eigenvalue weighted by atomic mass is 10.0. The number of morpholine rings is 1. The van der Waals surface area contributed by atoms with E-state index < -0.39 is 0 Å². The molecule has 1 N–H and O–H groups in total. The Morgan fingerprint density at radius 2 is 1.89 bits per heavy atom. The molecule has 27 heavy (non-hydrogen) atoms. The normalized spacial score (nSPS) is 16.1. The molecule has 4 nitrogen and oxygen atoms in total. The highest BCUT2D eigenvalue weighted by atomic mass is 35.5. The van der Waals surface area contributed by atoms with Crippen LogP contribution in [-0.2, 0) is 10.5 Å². The minimum absolute atomic E-state index is 0.0299. The second-order valence-corrected chi connectivity index (χ2v) is 7.80. The molecule has 6 heteroatoms. The third-order valence-electron chi connectivity index (χ3n) is 4.73. The molecule has 1 unspecified atom stereocenters. The summed E-state index contributed by atoms with van der Waals surface area (Å²) >= 11 is 8.21. The summed E-state index contributed by atoms with van der Waals surface area (Å²) in [7, 11) is 0. The van der Waals surface area contributed by atoms with E-state index in [0.29, 0.717) is 25.3 Å². The van der Waals surface area contributed by atoms with Gasteiger partial charge in [-0.15, -0.1) is 0 Å². The second-order valence-electron chi connectivity index (χ2n) is 6.53. The Morgan fingerprint density at radius 3 is 2.56 bits per heavy atom. The molecule has 2 aromatic rings. The van der Waals surface area contributed by atoms with Crippen molar-refractivity contribution in [2.24, 2.45) is 0 Å². The fourth-order valence-corrected chi connectivity index (χ4v) is 4.07. The predicted molar refractivity (Wildman–Crippen MR) is 113 cm³/mol. The maximum absolute atomic E-state index is 12.6. The van der Waals surface area contributed by atoms with Gasteiger partial charge >= 0.3 is 0 Å². The Hall–Kier alpha value is -1.53. The van der Waals surface area contributed by atoms with Crippen molar-refractivity contribution in [3.8, 4) is 0 Å². The lowest BCUT2D eigenvalue weighted by Crippen LogP contribution is -2.44. The van der Waals surface area contributed by atoms with Crippen LogP contribution in [0, 0.1) is 0 Å². The van der Waals surface area contributed by atoms with E-state index in [0.717, 1.165) is 29.4 Å². The number of benzene rings is 2. The molecule has 1 amide bonds. The van der Waals surface area contributed by atoms with E-state index in [2.05, 4.69) is 16.5 Å². The average Bonchev–Trinajstić information content (AvgIpc) is 2.71. The van der Waals surface area contributed by atoms with Crippen molar-refractivity contribution in [2.45, 2.75) is 11.8 Å². The van der Waals surface area contributed by atoms with Crippen molar-refractivity contribution in [3.63, 3.8) is 0 Å². The number of carbonyl (C=O) groups is 1. The van der Waals surface area contributed by atoms with Crippen LogP contribution >= 0.6 is 23.4 Å². The van der Waals surface area contributed by atoms with Crippen LogP contribution in [0.3, 0.4) is 0 Å². The zero-order valence-corrected chi connectivity index (χ0v) is 17.1. The van der Waals surface area contributed by atoms with E-state index in [-0.39, 0.29) is 11.9 Å². The molecule has 0 bridgehead atoms. The summed E-state index contributed by atoms with van der Waals surface area (Å²) in [6.45, 7) is 3.57. The maximum atomic E-state index is 12.6. The molecule has 0 saturated carbocycles. The van der Waals surface area contributed by atoms with Gasteiger partial charge in [-0.05, 0) is 35.6 Å². The summed E-state index contributed by atoms with van der Waals surface area (Å²) in [6, 6.07) is 15.7. The molecule has 0 aliphatic carbocycles. The molecule has 2 aromatic carbocycles. The SMILES string of the molecule is CSCc1ccc(C(=O)NCC(c2ccccc2Cl)N2CCOCC2)cc1. The summed E-state index contributed by atoms with van der Waals surface area (Å²) in [5, 5.41) is 3.81. The van der Waals surface area contributed by atoms with Gasteiger partial charge in [-0.3, -0.25) is 9.69 Å². The van der Waals surface area contributed by atoms with E-state index in [1.807, 2.05) is 48.5 Å². The number of amides is 1. The maximum Gasteiger partial charge on any atom is 0.251 e. The lowest BCUT2D eigenvalue weighted by molar-refractivity contribution is 0.0162. The van der Waals surface area contributed by atoms with E-state index in [1.165, 1.54) is 5.56 Å². The van der Waals surface area contributed by atoms with Gasteiger partial charge < -0.3 is 10.1 Å². The first-order valence-corrected chi connectivity index (χ1v) is 10.9. The Labute approximate surface area is 170 Å². The zero-order valence-electron chi connectivity index (χ0n) is 15.5. The first-order chi connectivity index (χ1) is 13.2. The summed E-state index contributed by atoms with van der Waals surface area (Å²) in [5.74, 6) is 0.893. The number of hydrogen-bond acceptors (Lipinski definition) is 4. The van der Waals surface area contributed by atoms with Crippen molar-refractivity contribution in [2.75, 3.05) is 39.1 Å². The molecule has 0 aromatic heterocycles. The van der Waals surface area contributed by atoms with Crippen LogP contribution < -0.4 is 5.32 Å². The largest absolute Gasteiger partial charge is 0.379 e. The van der Waals surface area contributed by atoms with Crippen LogP contribution in [0.5, 0.6) is 0 Å². The van der Waals surface area contributed by atoms with Gasteiger partial charge in [0.05, 0.1) is 19.3 Å². The third-order valence-corrected chi connectivity index (χ3v) is 5.70. The molecule has 0 spiro atoms. The lowest BCUT2D eigenvalue weighted by Gasteiger charge is -2.35. The number of hydrogen-bond donors (Lipinski definition) is 1. The van der Waals surface area contributed by atoms with Gasteiger partial charge in [0.1, 0.15) is 0 Å². The number of halogens is 1. The molecule has 3 rings (SSSR count). The molecular formula is C21H25ClN2O2S. The molecule has 0 radical (unpaired) electrons. The van der Waals surface area contributed by atoms with Crippen LogP contribution in [-0.4, -0.2) is 49.9 Å². The standard InChI is InChI=1S/C21H25ClN2O2S/c1-27-15-16-6-8-17(9-7-16)21(25)23-14-20(24-10-12-26-13-11-24)18-4-2-3-5-19(18)22/h2-9,20H,10-15H2,1H3,(H,23,25). The summed E-state index contributed by atoms with van der Waals surface area (Å²) in [5.41, 5.74) is 2.94. The average molecular weight is 405 g/mol. The highest BCUT2D eigenvalue weighted by Gasteiger charge is 2.25. The molecule has 1 fully saturated rings. The number of nitrogens with zero attached hydrogens (tertiary/aromatic N) is 1. The molecule has 1 saturated heterocycles. The smallest absolute Gasteiger partial charge is 0.251 e. The van der Waals surface area contributed by atoms with Crippen LogP contribution in [0.15, 0.2) is 48.5 Å². The minimum Gasteiger partial charge on any atom is -0.379 e. The highest BCUT2D eigenvalue weighted by Crippen LogP contribution is 2.27. The van der Waals surface area contributed by atoms with E-state index in [1.54, 1.807) is 11.8 Å². The van der Waals surface area contributed by atoms with Crippen LogP contribution in [0.1, 0.15) is 27.5 Å². The fraction of sp³-hybridized carbons (Fsp3) is 0.381. The number of carbonyl (C=O) groups excluding carboxylic acids is 1. The van der Waals surface area contributed by atoms with Crippen LogP contribution in [0.2, 0.25) is 5.02 Å². The third kappa shape index (κ3) is 5.48. The zero-order chi connectivity index (χ0) is 19.1. The van der Waals surface area contributed by atoms with E-state index in [4.69, 9.17) is 16.3 Å². The van der Waals surface area contributed by atoms with Crippen molar-refractivity contribution in [1.29, 1.82) is 0 Å². The number of rotatable bonds is 7. The molecule has 1 aliphatic rings. The van der Waals surface area contributed by atoms with Crippen molar-refractivity contribution >= 4 is 29.3 Å². The van der Waals surface area contributed by atoms with E-state index >= 15 is 0 Å². The summed E-state index contributed by atoms with van der Waals surface area (Å²) in [4.78, 5) is 15.0. The Balaban J connectivity index is 1.70. The Bertz CT molecular complexity index is 748. The minimum atomic E-state index is -0.0592. The predicted octanol–water partition coefficient (Wildman–Crippen LogP) is 4.01. The van der Waals surface area contributed by atoms with Crippen molar-refractivity contribution in [1.82, 2.24) is 10.2 Å². The molecule has 1 heterocycles. The monoisotopic (exact) mass is 404 g/mol. The number of ether oxygens (including phenoxy) is 1. The van der Waals surface area contributed by atoms with Gasteiger partial charge in [0.2, 0.25) is 0 Å². The number of thioether (sulfide) groups is 1. The van der Waals surface area contributed by atoms with Crippen LogP contribution in [0.25, 0.3) is 0 Å². The van der Waals surface area contributed by atoms with Gasteiger partial charge in [0.25, 0.3) is 5.91 Å². The highest BCUT2D eigenvalue weighted by molar-refractivity contribution is 7.97. The molecule has 144 valence electrons. The van der Waals surface area contributed by atoms with Gasteiger partial charge in [-0.25, -0.2) is 0 Å². The Kier molecular flexibility index (Phi) is 7.59. The molecule has 1 atom stereocenters. The van der Waals surface area contributed by atoms with Crippen LogP contribution in [0.4, 0.5) is 0 Å². The fourth-order valence-electron chi connectivity index (χ4n) is 3.28. The first kappa shape index (κ1) is 20.2. The second kappa shape index (κ2) is 10.1. The summed E-state index contributed by atoms with van der Waals surface area (Å²) in [6.07, 6.45) is 2.07.